The van der Waals surface area contributed by atoms with Crippen LogP contribution in [0.3, 0.4) is 0 Å². The van der Waals surface area contributed by atoms with Crippen molar-refractivity contribution in [2.75, 3.05) is 20.1 Å². The summed E-state index contributed by atoms with van der Waals surface area (Å²) < 4.78 is 8.05. The smallest absolute Gasteiger partial charge is 0.271 e. The molecule has 8 heteroatoms. The van der Waals surface area contributed by atoms with Crippen molar-refractivity contribution in [2.24, 2.45) is 0 Å². The van der Waals surface area contributed by atoms with Crippen molar-refractivity contribution in [2.45, 2.75) is 25.6 Å². The summed E-state index contributed by atoms with van der Waals surface area (Å²) >= 11 is 9.31. The number of nitrogens with zero attached hydrogens (tertiary/aromatic N) is 3. The molecule has 134 valence electrons. The van der Waals surface area contributed by atoms with Gasteiger partial charge in [-0.1, -0.05) is 11.6 Å². The number of halogens is 2. The first-order chi connectivity index (χ1) is 12.0. The van der Waals surface area contributed by atoms with Crippen LogP contribution in [0.25, 0.3) is 0 Å². The SMILES string of the molecule is CN1CCC(NC(=O)c2ccn(COc3ccc(Cl)cc3Br)n2)CC1. The Labute approximate surface area is 160 Å². The summed E-state index contributed by atoms with van der Waals surface area (Å²) in [4.78, 5) is 14.6. The van der Waals surface area contributed by atoms with E-state index in [9.17, 15) is 4.79 Å². The Morgan fingerprint density at radius 1 is 1.40 bits per heavy atom. The molecule has 25 heavy (non-hydrogen) atoms. The Hall–Kier alpha value is -1.57. The maximum absolute atomic E-state index is 12.3. The zero-order chi connectivity index (χ0) is 17.8. The number of aromatic nitrogens is 2. The van der Waals surface area contributed by atoms with Crippen LogP contribution in [0.15, 0.2) is 34.9 Å². The number of hydrogen-bond donors (Lipinski definition) is 1. The molecule has 1 saturated heterocycles. The van der Waals surface area contributed by atoms with Gasteiger partial charge >= 0.3 is 0 Å². The maximum atomic E-state index is 12.3. The molecule has 2 heterocycles. The lowest BCUT2D eigenvalue weighted by Crippen LogP contribution is -2.43. The normalized spacial score (nSPS) is 16.0. The fraction of sp³-hybridized carbons (Fsp3) is 0.412. The van der Waals surface area contributed by atoms with E-state index >= 15 is 0 Å². The van der Waals surface area contributed by atoms with E-state index in [2.05, 4.69) is 38.3 Å². The van der Waals surface area contributed by atoms with Crippen LogP contribution >= 0.6 is 27.5 Å². The topological polar surface area (TPSA) is 59.4 Å². The van der Waals surface area contributed by atoms with E-state index in [1.54, 1.807) is 35.1 Å². The number of ether oxygens (including phenoxy) is 1. The van der Waals surface area contributed by atoms with Crippen molar-refractivity contribution in [1.82, 2.24) is 20.0 Å². The van der Waals surface area contributed by atoms with Crippen molar-refractivity contribution in [3.8, 4) is 5.75 Å². The largest absolute Gasteiger partial charge is 0.470 e. The van der Waals surface area contributed by atoms with E-state index in [4.69, 9.17) is 16.3 Å². The highest BCUT2D eigenvalue weighted by molar-refractivity contribution is 9.10. The number of rotatable bonds is 5. The van der Waals surface area contributed by atoms with Crippen LogP contribution in [0.5, 0.6) is 5.75 Å². The minimum absolute atomic E-state index is 0.138. The lowest BCUT2D eigenvalue weighted by molar-refractivity contribution is 0.0909. The molecule has 0 radical (unpaired) electrons. The van der Waals surface area contributed by atoms with E-state index in [0.29, 0.717) is 16.5 Å². The van der Waals surface area contributed by atoms with Gasteiger partial charge in [-0.25, -0.2) is 4.68 Å². The van der Waals surface area contributed by atoms with Gasteiger partial charge in [0.15, 0.2) is 6.73 Å². The van der Waals surface area contributed by atoms with Gasteiger partial charge < -0.3 is 15.0 Å². The molecule has 0 aliphatic carbocycles. The van der Waals surface area contributed by atoms with Gasteiger partial charge in [-0.3, -0.25) is 4.79 Å². The minimum Gasteiger partial charge on any atom is -0.470 e. The Morgan fingerprint density at radius 2 is 2.16 bits per heavy atom. The van der Waals surface area contributed by atoms with Crippen molar-refractivity contribution in [3.05, 3.63) is 45.7 Å². The van der Waals surface area contributed by atoms with Crippen molar-refractivity contribution >= 4 is 33.4 Å². The summed E-state index contributed by atoms with van der Waals surface area (Å²) in [5.74, 6) is 0.526. The number of benzene rings is 1. The van der Waals surface area contributed by atoms with Crippen LogP contribution in [-0.2, 0) is 6.73 Å². The molecule has 1 aliphatic heterocycles. The molecule has 1 amide bonds. The fourth-order valence-electron chi connectivity index (χ4n) is 2.69. The highest BCUT2D eigenvalue weighted by Gasteiger charge is 2.20. The van der Waals surface area contributed by atoms with E-state index < -0.39 is 0 Å². The Morgan fingerprint density at radius 3 is 2.88 bits per heavy atom. The number of likely N-dealkylation sites (tertiary alicyclic amines) is 1. The van der Waals surface area contributed by atoms with Crippen molar-refractivity contribution < 1.29 is 9.53 Å². The molecular weight excluding hydrogens is 408 g/mol. The molecule has 1 fully saturated rings. The van der Waals surface area contributed by atoms with E-state index in [-0.39, 0.29) is 18.7 Å². The van der Waals surface area contributed by atoms with Crippen LogP contribution in [0, 0.1) is 0 Å². The molecule has 1 aliphatic rings. The van der Waals surface area contributed by atoms with Crippen molar-refractivity contribution in [1.29, 1.82) is 0 Å². The minimum atomic E-state index is -0.138. The molecule has 0 spiro atoms. The third-order valence-corrected chi connectivity index (χ3v) is 5.03. The Bertz CT molecular complexity index is 744. The molecule has 1 N–H and O–H groups in total. The number of hydrogen-bond acceptors (Lipinski definition) is 4. The number of amides is 1. The average Bonchev–Trinajstić information content (AvgIpc) is 3.05. The summed E-state index contributed by atoms with van der Waals surface area (Å²) in [6, 6.07) is 7.22. The average molecular weight is 428 g/mol. The first kappa shape index (κ1) is 18.2. The van der Waals surface area contributed by atoms with Crippen LogP contribution in [0.1, 0.15) is 23.3 Å². The van der Waals surface area contributed by atoms with Crippen molar-refractivity contribution in [3.63, 3.8) is 0 Å². The summed E-state index contributed by atoms with van der Waals surface area (Å²) in [6.07, 6.45) is 3.67. The van der Waals surface area contributed by atoms with E-state index in [1.165, 1.54) is 0 Å². The molecule has 3 rings (SSSR count). The van der Waals surface area contributed by atoms with Crippen LogP contribution in [-0.4, -0.2) is 46.8 Å². The molecule has 0 saturated carbocycles. The van der Waals surface area contributed by atoms with Gasteiger partial charge in [0.2, 0.25) is 0 Å². The Kier molecular flexibility index (Phi) is 5.98. The number of nitrogens with one attached hydrogen (secondary N) is 1. The van der Waals surface area contributed by atoms with Gasteiger partial charge in [0.1, 0.15) is 11.4 Å². The molecule has 2 aromatic rings. The molecule has 0 unspecified atom stereocenters. The van der Waals surface area contributed by atoms with Gasteiger partial charge in [0.25, 0.3) is 5.91 Å². The second kappa shape index (κ2) is 8.21. The standard InChI is InChI=1S/C17H20BrClN4O2/c1-22-7-4-13(5-8-22)20-17(24)15-6-9-23(21-15)11-25-16-3-2-12(19)10-14(16)18/h2-3,6,9-10,13H,4-5,7-8,11H2,1H3,(H,20,24). The summed E-state index contributed by atoms with van der Waals surface area (Å²) in [5.41, 5.74) is 0.401. The lowest BCUT2D eigenvalue weighted by Gasteiger charge is -2.29. The molecule has 0 atom stereocenters. The van der Waals surface area contributed by atoms with E-state index in [1.807, 2.05) is 0 Å². The van der Waals surface area contributed by atoms with Gasteiger partial charge in [0, 0.05) is 17.3 Å². The monoisotopic (exact) mass is 426 g/mol. The predicted octanol–water partition coefficient (Wildman–Crippen LogP) is 3.16. The molecular formula is C17H20BrClN4O2. The second-order valence-electron chi connectivity index (χ2n) is 6.14. The van der Waals surface area contributed by atoms with Crippen LogP contribution in [0.2, 0.25) is 5.02 Å². The number of carbonyl (C=O) groups is 1. The van der Waals surface area contributed by atoms with Gasteiger partial charge in [-0.15, -0.1) is 0 Å². The summed E-state index contributed by atoms with van der Waals surface area (Å²) in [5, 5.41) is 7.97. The molecule has 0 bridgehead atoms. The van der Waals surface area contributed by atoms with Crippen LogP contribution < -0.4 is 10.1 Å². The third-order valence-electron chi connectivity index (χ3n) is 4.17. The maximum Gasteiger partial charge on any atom is 0.271 e. The van der Waals surface area contributed by atoms with Gasteiger partial charge in [0.05, 0.1) is 4.47 Å². The first-order valence-electron chi connectivity index (χ1n) is 8.12. The predicted molar refractivity (Wildman–Crippen MR) is 100.0 cm³/mol. The van der Waals surface area contributed by atoms with E-state index in [0.717, 1.165) is 30.4 Å². The summed E-state index contributed by atoms with van der Waals surface area (Å²) in [7, 11) is 2.10. The first-order valence-corrected chi connectivity index (χ1v) is 9.29. The van der Waals surface area contributed by atoms with Gasteiger partial charge in [-0.2, -0.15) is 5.10 Å². The lowest BCUT2D eigenvalue weighted by atomic mass is 10.1. The number of carbonyl (C=O) groups excluding carboxylic acids is 1. The molecule has 6 nitrogen and oxygen atoms in total. The molecule has 1 aromatic carbocycles. The Balaban J connectivity index is 1.54. The quantitative estimate of drug-likeness (QED) is 0.796. The zero-order valence-electron chi connectivity index (χ0n) is 13.9. The van der Waals surface area contributed by atoms with Crippen LogP contribution in [0.4, 0.5) is 0 Å². The zero-order valence-corrected chi connectivity index (χ0v) is 16.3. The molecule has 1 aromatic heterocycles. The second-order valence-corrected chi connectivity index (χ2v) is 7.43. The highest BCUT2D eigenvalue weighted by atomic mass is 79.9. The summed E-state index contributed by atoms with van der Waals surface area (Å²) in [6.45, 7) is 2.22. The number of piperidine rings is 1. The fourth-order valence-corrected chi connectivity index (χ4v) is 3.49. The van der Waals surface area contributed by atoms with Gasteiger partial charge in [-0.05, 0) is 73.2 Å². The third kappa shape index (κ3) is 4.96. The highest BCUT2D eigenvalue weighted by Crippen LogP contribution is 2.28.